The van der Waals surface area contributed by atoms with E-state index in [0.29, 0.717) is 0 Å². The first-order valence-electron chi connectivity index (χ1n) is 6.74. The lowest BCUT2D eigenvalue weighted by molar-refractivity contribution is 0.367. The van der Waals surface area contributed by atoms with Crippen LogP contribution in [0.2, 0.25) is 0 Å². The molecule has 0 bridgehead atoms. The quantitative estimate of drug-likeness (QED) is 0.696. The van der Waals surface area contributed by atoms with Gasteiger partial charge in [-0.3, -0.25) is 4.21 Å². The first kappa shape index (κ1) is 16.1. The van der Waals surface area contributed by atoms with Crippen molar-refractivity contribution in [3.8, 4) is 0 Å². The van der Waals surface area contributed by atoms with Gasteiger partial charge in [0.25, 0.3) is 0 Å². The van der Waals surface area contributed by atoms with Crippen LogP contribution in [0, 0.1) is 0 Å². The molecule has 0 aromatic carbocycles. The summed E-state index contributed by atoms with van der Waals surface area (Å²) in [5.74, 6) is 1.74. The molecule has 0 aromatic rings. The van der Waals surface area contributed by atoms with Crippen molar-refractivity contribution in [1.29, 1.82) is 0 Å². The maximum Gasteiger partial charge on any atom is 0.0362 e. The topological polar surface area (TPSA) is 20.3 Å². The second-order valence-corrected chi connectivity index (χ2v) is 6.26. The van der Waals surface area contributed by atoms with Crippen LogP contribution in [0.3, 0.4) is 0 Å². The molecule has 1 saturated heterocycles. The largest absolute Gasteiger partial charge is 0.305 e. The van der Waals surface area contributed by atoms with Crippen LogP contribution in [0.1, 0.15) is 52.4 Å². The third-order valence-electron chi connectivity index (χ3n) is 2.86. The Kier molecular flexibility index (Phi) is 11.7. The van der Waals surface area contributed by atoms with E-state index in [9.17, 15) is 4.21 Å². The van der Waals surface area contributed by atoms with E-state index in [1.165, 1.54) is 38.5 Å². The molecule has 0 saturated carbocycles. The van der Waals surface area contributed by atoms with Crippen LogP contribution in [0.15, 0.2) is 0 Å². The average Bonchev–Trinajstić information content (AvgIpc) is 2.30. The highest BCUT2D eigenvalue weighted by atomic mass is 32.2. The van der Waals surface area contributed by atoms with E-state index in [1.54, 1.807) is 0 Å². The van der Waals surface area contributed by atoms with Crippen LogP contribution in [0.5, 0.6) is 0 Å². The molecule has 98 valence electrons. The van der Waals surface area contributed by atoms with Gasteiger partial charge in [-0.05, 0) is 7.05 Å². The van der Waals surface area contributed by atoms with E-state index in [0.717, 1.165) is 24.6 Å². The minimum absolute atomic E-state index is 0.503. The van der Waals surface area contributed by atoms with Crippen molar-refractivity contribution in [2.75, 3.05) is 31.6 Å². The summed E-state index contributed by atoms with van der Waals surface area (Å²) < 4.78 is 10.7. The summed E-state index contributed by atoms with van der Waals surface area (Å²) in [5.41, 5.74) is 0. The standard InChI is InChI=1S/C8H18.C5H11NOS/c1-3-5-7-8-6-4-2;1-6-2-4-8(7)5-3-6/h3-8H2,1-2H3;2-5H2,1H3. The van der Waals surface area contributed by atoms with Gasteiger partial charge in [0.15, 0.2) is 0 Å². The molecule has 0 radical (unpaired) electrons. The molecule has 0 N–H and O–H groups in total. The summed E-state index contributed by atoms with van der Waals surface area (Å²) in [6, 6.07) is 0. The molecule has 1 aliphatic rings. The molecule has 2 nitrogen and oxygen atoms in total. The Labute approximate surface area is 104 Å². The Bertz CT molecular complexity index is 157. The molecular weight excluding hydrogens is 218 g/mol. The van der Waals surface area contributed by atoms with E-state index in [1.807, 2.05) is 0 Å². The molecule has 1 aliphatic heterocycles. The van der Waals surface area contributed by atoms with E-state index in [4.69, 9.17) is 0 Å². The van der Waals surface area contributed by atoms with Crippen LogP contribution < -0.4 is 0 Å². The Hall–Kier alpha value is 0.110. The predicted molar refractivity (Wildman–Crippen MR) is 74.4 cm³/mol. The van der Waals surface area contributed by atoms with Crippen LogP contribution in [-0.2, 0) is 10.8 Å². The fourth-order valence-electron chi connectivity index (χ4n) is 1.58. The molecule has 0 spiro atoms. The average molecular weight is 247 g/mol. The molecular formula is C13H29NOS. The zero-order valence-electron chi connectivity index (χ0n) is 11.3. The predicted octanol–water partition coefficient (Wildman–Crippen LogP) is 3.05. The van der Waals surface area contributed by atoms with Crippen molar-refractivity contribution in [3.63, 3.8) is 0 Å². The van der Waals surface area contributed by atoms with E-state index in [2.05, 4.69) is 25.8 Å². The highest BCUT2D eigenvalue weighted by Gasteiger charge is 2.09. The third kappa shape index (κ3) is 10.6. The van der Waals surface area contributed by atoms with Gasteiger partial charge in [-0.25, -0.2) is 0 Å². The number of hydrogen-bond acceptors (Lipinski definition) is 2. The Balaban J connectivity index is 0.000000281. The van der Waals surface area contributed by atoms with E-state index in [-0.39, 0.29) is 0 Å². The fraction of sp³-hybridized carbons (Fsp3) is 1.00. The van der Waals surface area contributed by atoms with Gasteiger partial charge in [0.2, 0.25) is 0 Å². The van der Waals surface area contributed by atoms with Crippen molar-refractivity contribution in [3.05, 3.63) is 0 Å². The lowest BCUT2D eigenvalue weighted by Gasteiger charge is -2.20. The molecule has 16 heavy (non-hydrogen) atoms. The van der Waals surface area contributed by atoms with Gasteiger partial charge >= 0.3 is 0 Å². The zero-order chi connectivity index (χ0) is 12.2. The number of rotatable bonds is 5. The molecule has 0 amide bonds. The highest BCUT2D eigenvalue weighted by Crippen LogP contribution is 2.03. The Morgan fingerprint density at radius 3 is 1.69 bits per heavy atom. The molecule has 0 aliphatic carbocycles. The second kappa shape index (κ2) is 11.6. The zero-order valence-corrected chi connectivity index (χ0v) is 12.2. The molecule has 0 unspecified atom stereocenters. The Morgan fingerprint density at radius 1 is 0.938 bits per heavy atom. The SMILES string of the molecule is CCCCCCCC.CN1CCS(=O)CC1. The minimum Gasteiger partial charge on any atom is -0.305 e. The molecule has 1 rings (SSSR count). The lowest BCUT2D eigenvalue weighted by atomic mass is 10.1. The monoisotopic (exact) mass is 247 g/mol. The molecule has 0 aromatic heterocycles. The first-order valence-corrected chi connectivity index (χ1v) is 8.23. The van der Waals surface area contributed by atoms with Crippen LogP contribution in [-0.4, -0.2) is 40.8 Å². The molecule has 0 atom stereocenters. The number of unbranched alkanes of at least 4 members (excludes halogenated alkanes) is 5. The normalized spacial score (nSPS) is 17.9. The highest BCUT2D eigenvalue weighted by molar-refractivity contribution is 7.85. The lowest BCUT2D eigenvalue weighted by Crippen LogP contribution is -2.34. The van der Waals surface area contributed by atoms with Crippen molar-refractivity contribution in [2.24, 2.45) is 0 Å². The summed E-state index contributed by atoms with van der Waals surface area (Å²) in [4.78, 5) is 2.21. The number of nitrogens with zero attached hydrogens (tertiary/aromatic N) is 1. The summed E-state index contributed by atoms with van der Waals surface area (Å²) in [5, 5.41) is 0. The van der Waals surface area contributed by atoms with Gasteiger partial charge in [-0.1, -0.05) is 52.4 Å². The Morgan fingerprint density at radius 2 is 1.38 bits per heavy atom. The van der Waals surface area contributed by atoms with Crippen LogP contribution in [0.4, 0.5) is 0 Å². The van der Waals surface area contributed by atoms with Crippen molar-refractivity contribution in [1.82, 2.24) is 4.90 Å². The van der Waals surface area contributed by atoms with Gasteiger partial charge in [-0.15, -0.1) is 0 Å². The van der Waals surface area contributed by atoms with Crippen LogP contribution in [0.25, 0.3) is 0 Å². The van der Waals surface area contributed by atoms with Crippen molar-refractivity contribution < 1.29 is 4.21 Å². The molecule has 1 fully saturated rings. The molecule has 1 heterocycles. The number of hydrogen-bond donors (Lipinski definition) is 0. The van der Waals surface area contributed by atoms with E-state index >= 15 is 0 Å². The summed E-state index contributed by atoms with van der Waals surface area (Å²) in [6.07, 6.45) is 8.49. The maximum atomic E-state index is 10.7. The smallest absolute Gasteiger partial charge is 0.0362 e. The van der Waals surface area contributed by atoms with E-state index < -0.39 is 10.8 Å². The first-order chi connectivity index (χ1) is 7.70. The minimum atomic E-state index is -0.503. The molecule has 3 heteroatoms. The van der Waals surface area contributed by atoms with Gasteiger partial charge in [0.1, 0.15) is 0 Å². The van der Waals surface area contributed by atoms with Gasteiger partial charge < -0.3 is 4.90 Å². The second-order valence-electron chi connectivity index (χ2n) is 4.57. The van der Waals surface area contributed by atoms with Crippen LogP contribution >= 0.6 is 0 Å². The third-order valence-corrected chi connectivity index (χ3v) is 4.13. The summed E-state index contributed by atoms with van der Waals surface area (Å²) >= 11 is 0. The maximum absolute atomic E-state index is 10.7. The van der Waals surface area contributed by atoms with Gasteiger partial charge in [0, 0.05) is 35.4 Å². The summed E-state index contributed by atoms with van der Waals surface area (Å²) in [6.45, 7) is 6.52. The fourth-order valence-corrected chi connectivity index (χ4v) is 2.82. The van der Waals surface area contributed by atoms with Crippen molar-refractivity contribution in [2.45, 2.75) is 52.4 Å². The van der Waals surface area contributed by atoms with Gasteiger partial charge in [-0.2, -0.15) is 0 Å². The van der Waals surface area contributed by atoms with Gasteiger partial charge in [0.05, 0.1) is 0 Å². The summed E-state index contributed by atoms with van der Waals surface area (Å²) in [7, 11) is 1.56. The van der Waals surface area contributed by atoms with Crippen molar-refractivity contribution >= 4 is 10.8 Å².